The van der Waals surface area contributed by atoms with Gasteiger partial charge >= 0.3 is 12.4 Å². The van der Waals surface area contributed by atoms with Gasteiger partial charge in [-0.1, -0.05) is 0 Å². The zero-order chi connectivity index (χ0) is 13.4. The van der Waals surface area contributed by atoms with Gasteiger partial charge in [0.25, 0.3) is 0 Å². The van der Waals surface area contributed by atoms with Gasteiger partial charge in [-0.15, -0.1) is 0 Å². The smallest absolute Gasteiger partial charge is 0.390 e. The Labute approximate surface area is 92.3 Å². The van der Waals surface area contributed by atoms with Gasteiger partial charge in [-0.3, -0.25) is 0 Å². The van der Waals surface area contributed by atoms with Crippen LogP contribution < -0.4 is 0 Å². The van der Waals surface area contributed by atoms with Crippen LogP contribution in [-0.2, 0) is 9.47 Å². The highest BCUT2D eigenvalue weighted by Gasteiger charge is 2.60. The van der Waals surface area contributed by atoms with E-state index >= 15 is 0 Å². The van der Waals surface area contributed by atoms with E-state index in [9.17, 15) is 26.3 Å². The second-order valence-electron chi connectivity index (χ2n) is 3.64. The third-order valence-electron chi connectivity index (χ3n) is 2.40. The van der Waals surface area contributed by atoms with Gasteiger partial charge < -0.3 is 14.6 Å². The van der Waals surface area contributed by atoms with E-state index in [4.69, 9.17) is 5.11 Å². The Bertz CT molecular complexity index is 249. The fourth-order valence-corrected chi connectivity index (χ4v) is 1.51. The van der Waals surface area contributed by atoms with E-state index in [1.165, 1.54) is 0 Å². The molecule has 1 fully saturated rings. The first-order valence-electron chi connectivity index (χ1n) is 4.57. The molecule has 3 nitrogen and oxygen atoms in total. The number of methoxy groups -OCH3 is 1. The zero-order valence-electron chi connectivity index (χ0n) is 8.55. The van der Waals surface area contributed by atoms with Gasteiger partial charge in [-0.05, 0) is 0 Å². The summed E-state index contributed by atoms with van der Waals surface area (Å²) in [5.74, 6) is 0. The molecule has 0 spiro atoms. The van der Waals surface area contributed by atoms with Gasteiger partial charge in [-0.2, -0.15) is 26.3 Å². The van der Waals surface area contributed by atoms with Crippen molar-refractivity contribution < 1.29 is 40.9 Å². The number of aliphatic hydroxyl groups excluding tert-OH is 1. The van der Waals surface area contributed by atoms with Crippen molar-refractivity contribution in [2.45, 2.75) is 43.2 Å². The third kappa shape index (κ3) is 3.23. The molecule has 9 heteroatoms. The molecular weight excluding hydrogens is 258 g/mol. The maximum atomic E-state index is 12.1. The molecular formula is C8H10F6O3. The normalized spacial score (nSPS) is 30.5. The highest BCUT2D eigenvalue weighted by molar-refractivity contribution is 4.93. The molecule has 0 aliphatic heterocycles. The Morgan fingerprint density at radius 1 is 1.12 bits per heavy atom. The van der Waals surface area contributed by atoms with Crippen molar-refractivity contribution in [1.29, 1.82) is 0 Å². The van der Waals surface area contributed by atoms with Gasteiger partial charge in [0.05, 0.1) is 12.2 Å². The molecule has 1 N–H and O–H groups in total. The number of alkyl halides is 6. The summed E-state index contributed by atoms with van der Waals surface area (Å²) in [6.07, 6.45) is -18.9. The van der Waals surface area contributed by atoms with Crippen molar-refractivity contribution >= 4 is 0 Å². The molecule has 0 aromatic rings. The Morgan fingerprint density at radius 3 is 1.88 bits per heavy atom. The number of hydrogen-bond donors (Lipinski definition) is 1. The highest BCUT2D eigenvalue weighted by atomic mass is 19.4. The molecule has 0 radical (unpaired) electrons. The summed E-state index contributed by atoms with van der Waals surface area (Å²) in [5.41, 5.74) is 0. The van der Waals surface area contributed by atoms with Gasteiger partial charge in [0.2, 0.25) is 6.10 Å². The average Bonchev–Trinajstić information content (AvgIpc) is 2.07. The maximum absolute atomic E-state index is 12.1. The largest absolute Gasteiger partial charge is 0.423 e. The molecule has 0 bridgehead atoms. The first-order valence-corrected chi connectivity index (χ1v) is 4.57. The van der Waals surface area contributed by atoms with E-state index in [1.54, 1.807) is 0 Å². The van der Waals surface area contributed by atoms with Crippen molar-refractivity contribution in [2.24, 2.45) is 0 Å². The topological polar surface area (TPSA) is 38.7 Å². The quantitative estimate of drug-likeness (QED) is 0.791. The molecule has 0 aromatic heterocycles. The Hall–Kier alpha value is -0.540. The number of rotatable bonds is 3. The van der Waals surface area contributed by atoms with Crippen LogP contribution in [0.25, 0.3) is 0 Å². The van der Waals surface area contributed by atoms with E-state index in [2.05, 4.69) is 9.47 Å². The Morgan fingerprint density at radius 2 is 1.59 bits per heavy atom. The van der Waals surface area contributed by atoms with Crippen LogP contribution in [0.15, 0.2) is 0 Å². The fourth-order valence-electron chi connectivity index (χ4n) is 1.51. The molecule has 0 saturated heterocycles. The average molecular weight is 268 g/mol. The summed E-state index contributed by atoms with van der Waals surface area (Å²) in [5, 5.41) is 9.03. The van der Waals surface area contributed by atoms with Crippen molar-refractivity contribution in [2.75, 3.05) is 7.11 Å². The van der Waals surface area contributed by atoms with Crippen molar-refractivity contribution in [1.82, 2.24) is 0 Å². The fraction of sp³-hybridized carbons (Fsp3) is 1.00. The summed E-state index contributed by atoms with van der Waals surface area (Å²) in [7, 11) is 1.07. The number of hydrogen-bond acceptors (Lipinski definition) is 3. The lowest BCUT2D eigenvalue weighted by Crippen LogP contribution is -2.58. The molecule has 1 aliphatic rings. The predicted molar refractivity (Wildman–Crippen MR) is 42.2 cm³/mol. The minimum absolute atomic E-state index is 0.318. The summed E-state index contributed by atoms with van der Waals surface area (Å²) in [6.45, 7) is 0. The van der Waals surface area contributed by atoms with Crippen LogP contribution in [0.4, 0.5) is 26.3 Å². The van der Waals surface area contributed by atoms with Crippen molar-refractivity contribution in [3.63, 3.8) is 0 Å². The molecule has 3 atom stereocenters. The first-order chi connectivity index (χ1) is 7.57. The summed E-state index contributed by atoms with van der Waals surface area (Å²) < 4.78 is 81.2. The van der Waals surface area contributed by atoms with Crippen LogP contribution in [0, 0.1) is 0 Å². The SMILES string of the molecule is COC1C(O)CC1OC(C(F)(F)F)C(F)(F)F. The van der Waals surface area contributed by atoms with E-state index in [0.29, 0.717) is 0 Å². The lowest BCUT2D eigenvalue weighted by molar-refractivity contribution is -0.349. The van der Waals surface area contributed by atoms with E-state index in [0.717, 1.165) is 7.11 Å². The first kappa shape index (κ1) is 14.5. The number of halogens is 6. The summed E-state index contributed by atoms with van der Waals surface area (Å²) in [6, 6.07) is 0. The summed E-state index contributed by atoms with van der Waals surface area (Å²) in [4.78, 5) is 0. The maximum Gasteiger partial charge on any atom is 0.423 e. The second-order valence-corrected chi connectivity index (χ2v) is 3.64. The van der Waals surface area contributed by atoms with Crippen LogP contribution in [-0.4, -0.2) is 49.0 Å². The number of ether oxygens (including phenoxy) is 2. The Balaban J connectivity index is 2.69. The monoisotopic (exact) mass is 268 g/mol. The highest BCUT2D eigenvalue weighted by Crippen LogP contribution is 2.39. The second kappa shape index (κ2) is 4.62. The molecule has 0 amide bonds. The van der Waals surface area contributed by atoms with Crippen LogP contribution in [0.3, 0.4) is 0 Å². The lowest BCUT2D eigenvalue weighted by atomic mass is 9.88. The van der Waals surface area contributed by atoms with Gasteiger partial charge in [0, 0.05) is 13.5 Å². The van der Waals surface area contributed by atoms with Crippen molar-refractivity contribution in [3.8, 4) is 0 Å². The van der Waals surface area contributed by atoms with Crippen LogP contribution >= 0.6 is 0 Å². The zero-order valence-corrected chi connectivity index (χ0v) is 8.55. The predicted octanol–water partition coefficient (Wildman–Crippen LogP) is 1.64. The molecule has 3 unspecified atom stereocenters. The molecule has 17 heavy (non-hydrogen) atoms. The summed E-state index contributed by atoms with van der Waals surface area (Å²) >= 11 is 0. The van der Waals surface area contributed by atoms with E-state index in [1.807, 2.05) is 0 Å². The van der Waals surface area contributed by atoms with Crippen LogP contribution in [0.2, 0.25) is 0 Å². The Kier molecular flexibility index (Phi) is 3.94. The van der Waals surface area contributed by atoms with Gasteiger partial charge in [0.1, 0.15) is 6.10 Å². The lowest BCUT2D eigenvalue weighted by Gasteiger charge is -2.42. The van der Waals surface area contributed by atoms with Crippen LogP contribution in [0.1, 0.15) is 6.42 Å². The van der Waals surface area contributed by atoms with Crippen LogP contribution in [0.5, 0.6) is 0 Å². The minimum atomic E-state index is -5.54. The standard InChI is InChI=1S/C8H10F6O3/c1-16-5-3(15)2-4(5)17-6(7(9,10)11)8(12,13)14/h3-6,15H,2H2,1H3. The van der Waals surface area contributed by atoms with Gasteiger partial charge in [-0.25, -0.2) is 0 Å². The molecule has 1 rings (SSSR count). The number of aliphatic hydroxyl groups is 1. The van der Waals surface area contributed by atoms with Crippen molar-refractivity contribution in [3.05, 3.63) is 0 Å². The molecule has 1 saturated carbocycles. The van der Waals surface area contributed by atoms with Gasteiger partial charge in [0.15, 0.2) is 0 Å². The van der Waals surface area contributed by atoms with E-state index < -0.39 is 36.8 Å². The molecule has 1 aliphatic carbocycles. The molecule has 0 heterocycles. The molecule has 102 valence electrons. The third-order valence-corrected chi connectivity index (χ3v) is 2.40. The molecule has 0 aromatic carbocycles. The minimum Gasteiger partial charge on any atom is -0.390 e. The van der Waals surface area contributed by atoms with E-state index in [-0.39, 0.29) is 6.42 Å².